The molecule has 5 nitrogen and oxygen atoms in total. The van der Waals surface area contributed by atoms with Crippen LogP contribution in [-0.2, 0) is 11.3 Å². The Hall–Kier alpha value is -1.46. The molecule has 0 amide bonds. The lowest BCUT2D eigenvalue weighted by molar-refractivity contribution is 0.00288. The lowest BCUT2D eigenvalue weighted by Crippen LogP contribution is -2.31. The van der Waals surface area contributed by atoms with E-state index in [0.717, 1.165) is 43.9 Å². The molecule has 0 saturated carbocycles. The quantitative estimate of drug-likeness (QED) is 0.839. The van der Waals surface area contributed by atoms with Gasteiger partial charge in [-0.1, -0.05) is 6.07 Å². The van der Waals surface area contributed by atoms with Crippen LogP contribution in [0.3, 0.4) is 0 Å². The molecule has 0 bridgehead atoms. The number of methoxy groups -OCH3 is 3. The highest BCUT2D eigenvalue weighted by molar-refractivity contribution is 5.55. The summed E-state index contributed by atoms with van der Waals surface area (Å²) >= 11 is 0. The van der Waals surface area contributed by atoms with Gasteiger partial charge in [0.15, 0.2) is 11.5 Å². The maximum atomic E-state index is 5.59. The predicted octanol–water partition coefficient (Wildman–Crippen LogP) is 2.62. The Bertz CT molecular complexity index is 478. The van der Waals surface area contributed by atoms with Crippen LogP contribution in [-0.4, -0.2) is 40.6 Å². The van der Waals surface area contributed by atoms with Gasteiger partial charge in [-0.2, -0.15) is 0 Å². The summed E-state index contributed by atoms with van der Waals surface area (Å²) in [7, 11) is 4.91. The van der Waals surface area contributed by atoms with Crippen molar-refractivity contribution in [2.24, 2.45) is 5.92 Å². The van der Waals surface area contributed by atoms with E-state index in [-0.39, 0.29) is 0 Å². The first kappa shape index (κ1) is 16.9. The second-order valence-electron chi connectivity index (χ2n) is 5.70. The summed E-state index contributed by atoms with van der Waals surface area (Å²) in [5.74, 6) is 2.73. The van der Waals surface area contributed by atoms with Gasteiger partial charge in [-0.05, 0) is 38.3 Å². The third kappa shape index (κ3) is 4.05. The van der Waals surface area contributed by atoms with Crippen molar-refractivity contribution in [1.82, 2.24) is 5.32 Å². The number of nitrogens with one attached hydrogen (secondary N) is 1. The maximum absolute atomic E-state index is 5.59. The highest BCUT2D eigenvalue weighted by atomic mass is 16.5. The van der Waals surface area contributed by atoms with Crippen LogP contribution in [0, 0.1) is 5.92 Å². The second kappa shape index (κ2) is 8.25. The average molecular weight is 309 g/mol. The van der Waals surface area contributed by atoms with E-state index in [1.807, 2.05) is 12.1 Å². The van der Waals surface area contributed by atoms with Crippen molar-refractivity contribution in [1.29, 1.82) is 0 Å². The van der Waals surface area contributed by atoms with Gasteiger partial charge in [-0.25, -0.2) is 0 Å². The summed E-state index contributed by atoms with van der Waals surface area (Å²) in [6.07, 6.45) is 2.62. The Balaban J connectivity index is 1.97. The van der Waals surface area contributed by atoms with Gasteiger partial charge in [0.1, 0.15) is 0 Å². The Kier molecular flexibility index (Phi) is 6.34. The van der Waals surface area contributed by atoms with E-state index in [1.165, 1.54) is 0 Å². The van der Waals surface area contributed by atoms with E-state index in [9.17, 15) is 0 Å². The van der Waals surface area contributed by atoms with Crippen LogP contribution in [0.15, 0.2) is 12.1 Å². The molecule has 2 rings (SSSR count). The topological polar surface area (TPSA) is 49.0 Å². The highest BCUT2D eigenvalue weighted by Gasteiger charge is 2.20. The molecule has 0 aromatic heterocycles. The Labute approximate surface area is 132 Å². The largest absolute Gasteiger partial charge is 0.493 e. The van der Waals surface area contributed by atoms with Crippen LogP contribution >= 0.6 is 0 Å². The zero-order chi connectivity index (χ0) is 15.9. The smallest absolute Gasteiger partial charge is 0.203 e. The van der Waals surface area contributed by atoms with Crippen molar-refractivity contribution in [2.75, 3.05) is 34.5 Å². The normalized spacial score (nSPS) is 21.5. The molecule has 0 spiro atoms. The molecule has 2 atom stereocenters. The van der Waals surface area contributed by atoms with Crippen LogP contribution in [0.5, 0.6) is 17.2 Å². The van der Waals surface area contributed by atoms with Crippen LogP contribution in [0.25, 0.3) is 0 Å². The third-order valence-corrected chi connectivity index (χ3v) is 4.13. The molecule has 22 heavy (non-hydrogen) atoms. The molecule has 1 aliphatic heterocycles. The molecule has 5 heteroatoms. The number of hydrogen-bond acceptors (Lipinski definition) is 5. The molecule has 1 saturated heterocycles. The van der Waals surface area contributed by atoms with Crippen molar-refractivity contribution in [3.8, 4) is 17.2 Å². The fourth-order valence-corrected chi connectivity index (χ4v) is 2.99. The maximum Gasteiger partial charge on any atom is 0.203 e. The van der Waals surface area contributed by atoms with Crippen molar-refractivity contribution in [3.05, 3.63) is 17.7 Å². The SMILES string of the molecule is COc1ccc(CNC[C@H]2CCO[C@@H](C)C2)c(OC)c1OC. The minimum Gasteiger partial charge on any atom is -0.493 e. The minimum atomic E-state index is 0.371. The zero-order valence-electron chi connectivity index (χ0n) is 14.0. The molecule has 0 unspecified atom stereocenters. The molecule has 124 valence electrons. The van der Waals surface area contributed by atoms with Gasteiger partial charge in [0.05, 0.1) is 27.4 Å². The molecular weight excluding hydrogens is 282 g/mol. The first-order chi connectivity index (χ1) is 10.7. The molecule has 1 aliphatic rings. The van der Waals surface area contributed by atoms with Crippen LogP contribution in [0.1, 0.15) is 25.3 Å². The van der Waals surface area contributed by atoms with E-state index >= 15 is 0 Å². The number of hydrogen-bond donors (Lipinski definition) is 1. The van der Waals surface area contributed by atoms with Gasteiger partial charge >= 0.3 is 0 Å². The van der Waals surface area contributed by atoms with E-state index in [4.69, 9.17) is 18.9 Å². The average Bonchev–Trinajstić information content (AvgIpc) is 2.54. The molecule has 1 aromatic carbocycles. The lowest BCUT2D eigenvalue weighted by atomic mass is 9.96. The van der Waals surface area contributed by atoms with E-state index in [2.05, 4.69) is 12.2 Å². The van der Waals surface area contributed by atoms with E-state index in [1.54, 1.807) is 21.3 Å². The fourth-order valence-electron chi connectivity index (χ4n) is 2.99. The van der Waals surface area contributed by atoms with Crippen molar-refractivity contribution < 1.29 is 18.9 Å². The van der Waals surface area contributed by atoms with Crippen molar-refractivity contribution in [3.63, 3.8) is 0 Å². The van der Waals surface area contributed by atoms with Gasteiger partial charge in [-0.3, -0.25) is 0 Å². The molecule has 1 heterocycles. The highest BCUT2D eigenvalue weighted by Crippen LogP contribution is 2.39. The number of benzene rings is 1. The minimum absolute atomic E-state index is 0.371. The van der Waals surface area contributed by atoms with Crippen molar-refractivity contribution >= 4 is 0 Å². The second-order valence-corrected chi connectivity index (χ2v) is 5.70. The Morgan fingerprint density at radius 1 is 1.14 bits per heavy atom. The van der Waals surface area contributed by atoms with Gasteiger partial charge in [0.2, 0.25) is 5.75 Å². The first-order valence-corrected chi connectivity index (χ1v) is 7.79. The summed E-state index contributed by atoms with van der Waals surface area (Å²) < 4.78 is 21.8. The monoisotopic (exact) mass is 309 g/mol. The number of ether oxygens (including phenoxy) is 4. The molecule has 0 aliphatic carbocycles. The predicted molar refractivity (Wildman–Crippen MR) is 85.9 cm³/mol. The summed E-state index contributed by atoms with van der Waals surface area (Å²) in [6.45, 7) is 4.75. The van der Waals surface area contributed by atoms with Gasteiger partial charge in [-0.15, -0.1) is 0 Å². The summed E-state index contributed by atoms with van der Waals surface area (Å²) in [5.41, 5.74) is 1.07. The molecule has 1 fully saturated rings. The zero-order valence-corrected chi connectivity index (χ0v) is 14.0. The number of rotatable bonds is 7. The van der Waals surface area contributed by atoms with Crippen molar-refractivity contribution in [2.45, 2.75) is 32.4 Å². The molecule has 1 aromatic rings. The third-order valence-electron chi connectivity index (χ3n) is 4.13. The van der Waals surface area contributed by atoms with Gasteiger partial charge in [0.25, 0.3) is 0 Å². The summed E-state index contributed by atoms with van der Waals surface area (Å²) in [5, 5.41) is 3.52. The molecule has 1 N–H and O–H groups in total. The van der Waals surface area contributed by atoms with Crippen LogP contribution in [0.4, 0.5) is 0 Å². The van der Waals surface area contributed by atoms with Crippen LogP contribution < -0.4 is 19.5 Å². The fraction of sp³-hybridized carbons (Fsp3) is 0.647. The van der Waals surface area contributed by atoms with E-state index in [0.29, 0.717) is 23.5 Å². The summed E-state index contributed by atoms with van der Waals surface area (Å²) in [6, 6.07) is 3.93. The first-order valence-electron chi connectivity index (χ1n) is 7.79. The lowest BCUT2D eigenvalue weighted by Gasteiger charge is -2.27. The Morgan fingerprint density at radius 2 is 1.91 bits per heavy atom. The Morgan fingerprint density at radius 3 is 2.55 bits per heavy atom. The van der Waals surface area contributed by atoms with Crippen LogP contribution in [0.2, 0.25) is 0 Å². The molecular formula is C17H27NO4. The van der Waals surface area contributed by atoms with Gasteiger partial charge < -0.3 is 24.3 Å². The molecule has 0 radical (unpaired) electrons. The van der Waals surface area contributed by atoms with E-state index < -0.39 is 0 Å². The summed E-state index contributed by atoms with van der Waals surface area (Å²) in [4.78, 5) is 0. The standard InChI is InChI=1S/C17H27NO4/c1-12-9-13(7-8-22-12)10-18-11-14-5-6-15(19-2)17(21-4)16(14)20-3/h5-6,12-13,18H,7-11H2,1-4H3/t12-,13-/m0/s1. The van der Waals surface area contributed by atoms with Gasteiger partial charge in [0, 0.05) is 18.7 Å².